The maximum atomic E-state index is 12.3. The standard InChI is InChI=1S/C12H12F3N3O3/c13-12(14,15)8-4-3-7(5-16-8)17-11(21)18-9(10(19)20)6-1-2-6/h3-6,9H,1-2H2,(H,19,20)(H2,17,18,21). The van der Waals surface area contributed by atoms with Gasteiger partial charge in [-0.15, -0.1) is 0 Å². The molecule has 2 amide bonds. The molecule has 1 aliphatic carbocycles. The van der Waals surface area contributed by atoms with E-state index in [9.17, 15) is 22.8 Å². The number of hydrogen-bond acceptors (Lipinski definition) is 3. The Kier molecular flexibility index (Phi) is 4.01. The van der Waals surface area contributed by atoms with Crippen molar-refractivity contribution >= 4 is 17.7 Å². The lowest BCUT2D eigenvalue weighted by Gasteiger charge is -2.14. The predicted molar refractivity (Wildman–Crippen MR) is 65.5 cm³/mol. The number of carbonyl (C=O) groups is 2. The van der Waals surface area contributed by atoms with Gasteiger partial charge < -0.3 is 15.7 Å². The number of amides is 2. The van der Waals surface area contributed by atoms with Crippen LogP contribution in [0.15, 0.2) is 18.3 Å². The highest BCUT2D eigenvalue weighted by molar-refractivity contribution is 5.92. The van der Waals surface area contributed by atoms with E-state index in [-0.39, 0.29) is 11.6 Å². The molecule has 0 spiro atoms. The molecule has 1 unspecified atom stereocenters. The number of alkyl halides is 3. The second-order valence-electron chi connectivity index (χ2n) is 4.68. The third kappa shape index (κ3) is 4.07. The smallest absolute Gasteiger partial charge is 0.433 e. The van der Waals surface area contributed by atoms with E-state index in [1.807, 2.05) is 0 Å². The zero-order valence-corrected chi connectivity index (χ0v) is 10.6. The zero-order valence-electron chi connectivity index (χ0n) is 10.6. The van der Waals surface area contributed by atoms with Crippen molar-refractivity contribution in [1.82, 2.24) is 10.3 Å². The lowest BCUT2D eigenvalue weighted by Crippen LogP contribution is -2.44. The normalized spacial score (nSPS) is 16.1. The first-order valence-corrected chi connectivity index (χ1v) is 6.11. The molecule has 2 rings (SSSR count). The molecule has 9 heteroatoms. The lowest BCUT2D eigenvalue weighted by molar-refractivity contribution is -0.141. The number of anilines is 1. The molecule has 0 aliphatic heterocycles. The summed E-state index contributed by atoms with van der Waals surface area (Å²) in [6, 6.07) is -0.0173. The van der Waals surface area contributed by atoms with Gasteiger partial charge in [-0.25, -0.2) is 14.6 Å². The van der Waals surface area contributed by atoms with Gasteiger partial charge in [-0.05, 0) is 30.9 Å². The van der Waals surface area contributed by atoms with E-state index in [1.165, 1.54) is 0 Å². The number of carboxylic acid groups (broad SMARTS) is 1. The number of urea groups is 1. The number of nitrogens with zero attached hydrogens (tertiary/aromatic N) is 1. The van der Waals surface area contributed by atoms with Crippen LogP contribution in [0.1, 0.15) is 18.5 Å². The fourth-order valence-electron chi connectivity index (χ4n) is 1.75. The molecule has 6 nitrogen and oxygen atoms in total. The molecule has 3 N–H and O–H groups in total. The summed E-state index contributed by atoms with van der Waals surface area (Å²) < 4.78 is 36.9. The monoisotopic (exact) mass is 303 g/mol. The number of carbonyl (C=O) groups excluding carboxylic acids is 1. The van der Waals surface area contributed by atoms with Crippen LogP contribution in [0.5, 0.6) is 0 Å². The minimum atomic E-state index is -4.55. The average molecular weight is 303 g/mol. The molecule has 1 fully saturated rings. The van der Waals surface area contributed by atoms with Crippen LogP contribution in [0, 0.1) is 5.92 Å². The van der Waals surface area contributed by atoms with E-state index in [1.54, 1.807) is 0 Å². The maximum absolute atomic E-state index is 12.3. The van der Waals surface area contributed by atoms with Crippen LogP contribution in [0.3, 0.4) is 0 Å². The number of hydrogen-bond donors (Lipinski definition) is 3. The summed E-state index contributed by atoms with van der Waals surface area (Å²) in [5, 5.41) is 13.5. The predicted octanol–water partition coefficient (Wildman–Crippen LogP) is 2.09. The molecule has 1 heterocycles. The van der Waals surface area contributed by atoms with Crippen molar-refractivity contribution in [2.45, 2.75) is 25.1 Å². The van der Waals surface area contributed by atoms with Crippen LogP contribution in [0.4, 0.5) is 23.7 Å². The van der Waals surface area contributed by atoms with E-state index in [2.05, 4.69) is 15.6 Å². The first-order chi connectivity index (χ1) is 9.77. The first-order valence-electron chi connectivity index (χ1n) is 6.11. The van der Waals surface area contributed by atoms with E-state index in [0.717, 1.165) is 31.2 Å². The van der Waals surface area contributed by atoms with E-state index in [0.29, 0.717) is 0 Å². The van der Waals surface area contributed by atoms with Crippen molar-refractivity contribution in [3.63, 3.8) is 0 Å². The van der Waals surface area contributed by atoms with E-state index in [4.69, 9.17) is 5.11 Å². The molecule has 1 atom stereocenters. The topological polar surface area (TPSA) is 91.3 Å². The Hall–Kier alpha value is -2.32. The van der Waals surface area contributed by atoms with Gasteiger partial charge in [0.1, 0.15) is 11.7 Å². The number of carboxylic acids is 1. The van der Waals surface area contributed by atoms with Crippen molar-refractivity contribution in [2.75, 3.05) is 5.32 Å². The van der Waals surface area contributed by atoms with Crippen LogP contribution in [-0.4, -0.2) is 28.1 Å². The Morgan fingerprint density at radius 2 is 2.00 bits per heavy atom. The summed E-state index contributed by atoms with van der Waals surface area (Å²) in [5.74, 6) is -1.24. The number of nitrogens with one attached hydrogen (secondary N) is 2. The third-order valence-electron chi connectivity index (χ3n) is 2.96. The van der Waals surface area contributed by atoms with Crippen molar-refractivity contribution < 1.29 is 27.9 Å². The quantitative estimate of drug-likeness (QED) is 0.794. The summed E-state index contributed by atoms with van der Waals surface area (Å²) in [6.07, 6.45) is -2.26. The molecule has 0 bridgehead atoms. The molecular weight excluding hydrogens is 291 g/mol. The third-order valence-corrected chi connectivity index (χ3v) is 2.96. The molecule has 1 aromatic heterocycles. The summed E-state index contributed by atoms with van der Waals surface area (Å²) in [6.45, 7) is 0. The first kappa shape index (κ1) is 15.1. The van der Waals surface area contributed by atoms with Gasteiger partial charge in [0.15, 0.2) is 0 Å². The number of rotatable bonds is 4. The minimum absolute atomic E-state index is 0.0421. The van der Waals surface area contributed by atoms with Gasteiger partial charge in [-0.2, -0.15) is 13.2 Å². The highest BCUT2D eigenvalue weighted by Crippen LogP contribution is 2.32. The second-order valence-corrected chi connectivity index (χ2v) is 4.68. The van der Waals surface area contributed by atoms with Gasteiger partial charge in [0.2, 0.25) is 0 Å². The molecule has 1 aliphatic rings. The maximum Gasteiger partial charge on any atom is 0.433 e. The van der Waals surface area contributed by atoms with Gasteiger partial charge >= 0.3 is 18.2 Å². The molecule has 1 aromatic rings. The lowest BCUT2D eigenvalue weighted by atomic mass is 10.2. The highest BCUT2D eigenvalue weighted by atomic mass is 19.4. The van der Waals surface area contributed by atoms with E-state index < -0.39 is 29.9 Å². The summed E-state index contributed by atoms with van der Waals surface area (Å²) in [4.78, 5) is 25.7. The van der Waals surface area contributed by atoms with Crippen molar-refractivity contribution in [1.29, 1.82) is 0 Å². The average Bonchev–Trinajstić information content (AvgIpc) is 3.19. The van der Waals surface area contributed by atoms with Crippen molar-refractivity contribution in [3.05, 3.63) is 24.0 Å². The zero-order chi connectivity index (χ0) is 15.6. The van der Waals surface area contributed by atoms with Gasteiger partial charge in [0.05, 0.1) is 11.9 Å². The van der Waals surface area contributed by atoms with Gasteiger partial charge in [0, 0.05) is 0 Å². The highest BCUT2D eigenvalue weighted by Gasteiger charge is 2.37. The van der Waals surface area contributed by atoms with Gasteiger partial charge in [-0.3, -0.25) is 0 Å². The minimum Gasteiger partial charge on any atom is -0.480 e. The van der Waals surface area contributed by atoms with Gasteiger partial charge in [0.25, 0.3) is 0 Å². The number of halogens is 3. The number of aromatic nitrogens is 1. The molecule has 21 heavy (non-hydrogen) atoms. The molecule has 114 valence electrons. The van der Waals surface area contributed by atoms with Gasteiger partial charge in [-0.1, -0.05) is 0 Å². The summed E-state index contributed by atoms with van der Waals surface area (Å²) in [5.41, 5.74) is -1.03. The van der Waals surface area contributed by atoms with Crippen LogP contribution >= 0.6 is 0 Å². The molecule has 0 radical (unpaired) electrons. The Morgan fingerprint density at radius 1 is 1.33 bits per heavy atom. The van der Waals surface area contributed by atoms with Crippen LogP contribution in [-0.2, 0) is 11.0 Å². The molecule has 0 aromatic carbocycles. The van der Waals surface area contributed by atoms with Crippen LogP contribution in [0.25, 0.3) is 0 Å². The van der Waals surface area contributed by atoms with Crippen molar-refractivity contribution in [3.8, 4) is 0 Å². The second kappa shape index (κ2) is 5.58. The van der Waals surface area contributed by atoms with Crippen LogP contribution in [0.2, 0.25) is 0 Å². The Morgan fingerprint density at radius 3 is 2.43 bits per heavy atom. The molecule has 1 saturated carbocycles. The Bertz CT molecular complexity index is 541. The van der Waals surface area contributed by atoms with E-state index >= 15 is 0 Å². The summed E-state index contributed by atoms with van der Waals surface area (Å²) >= 11 is 0. The molecular formula is C12H12F3N3O3. The summed E-state index contributed by atoms with van der Waals surface area (Å²) in [7, 11) is 0. The number of aliphatic carboxylic acids is 1. The van der Waals surface area contributed by atoms with Crippen LogP contribution < -0.4 is 10.6 Å². The Labute approximate surface area is 117 Å². The van der Waals surface area contributed by atoms with Crippen molar-refractivity contribution in [2.24, 2.45) is 5.92 Å². The fraction of sp³-hybridized carbons (Fsp3) is 0.417. The fourth-order valence-corrected chi connectivity index (χ4v) is 1.75. The SMILES string of the molecule is O=C(Nc1ccc(C(F)(F)F)nc1)NC(C(=O)O)C1CC1. The molecule has 0 saturated heterocycles. The largest absolute Gasteiger partial charge is 0.480 e. The Balaban J connectivity index is 1.94. The number of pyridine rings is 1.